The third-order valence-corrected chi connectivity index (χ3v) is 6.10. The van der Waals surface area contributed by atoms with E-state index in [0.717, 1.165) is 29.8 Å². The first-order valence-electron chi connectivity index (χ1n) is 11.1. The lowest BCUT2D eigenvalue weighted by Crippen LogP contribution is -2.44. The molecule has 2 aliphatic heterocycles. The van der Waals surface area contributed by atoms with E-state index in [9.17, 15) is 18.0 Å². The number of hydrogen-bond donors (Lipinski definition) is 2. The molecule has 3 aromatic rings. The summed E-state index contributed by atoms with van der Waals surface area (Å²) in [5.74, 6) is -0.140. The fraction of sp³-hybridized carbons (Fsp3) is 0.280. The van der Waals surface area contributed by atoms with Crippen molar-refractivity contribution in [2.24, 2.45) is 0 Å². The normalized spacial score (nSPS) is 23.1. The van der Waals surface area contributed by atoms with E-state index >= 15 is 0 Å². The highest BCUT2D eigenvalue weighted by molar-refractivity contribution is 5.94. The predicted octanol–water partition coefficient (Wildman–Crippen LogP) is 3.41. The van der Waals surface area contributed by atoms with Gasteiger partial charge < -0.3 is 20.1 Å². The van der Waals surface area contributed by atoms with Crippen molar-refractivity contribution in [3.63, 3.8) is 0 Å². The zero-order valence-corrected chi connectivity index (χ0v) is 18.7. The van der Waals surface area contributed by atoms with Gasteiger partial charge in [0.15, 0.2) is 0 Å². The van der Waals surface area contributed by atoms with Gasteiger partial charge in [-0.25, -0.2) is 9.97 Å². The van der Waals surface area contributed by atoms with Gasteiger partial charge in [0.2, 0.25) is 5.95 Å². The molecule has 5 rings (SSSR count). The van der Waals surface area contributed by atoms with E-state index in [1.54, 1.807) is 30.5 Å². The van der Waals surface area contributed by atoms with Crippen LogP contribution in [0.5, 0.6) is 0 Å². The Morgan fingerprint density at radius 1 is 1.03 bits per heavy atom. The Morgan fingerprint density at radius 3 is 2.47 bits per heavy atom. The lowest BCUT2D eigenvalue weighted by molar-refractivity contribution is -0.137. The highest BCUT2D eigenvalue weighted by Gasteiger charge is 2.48. The quantitative estimate of drug-likeness (QED) is 0.558. The van der Waals surface area contributed by atoms with Crippen molar-refractivity contribution in [1.82, 2.24) is 15.3 Å². The van der Waals surface area contributed by atoms with Crippen molar-refractivity contribution >= 4 is 11.9 Å². The molecular weight excluding hydrogens is 475 g/mol. The van der Waals surface area contributed by atoms with E-state index in [-0.39, 0.29) is 24.3 Å². The lowest BCUT2D eigenvalue weighted by atomic mass is 10.1. The number of nitriles is 1. The fourth-order valence-corrected chi connectivity index (χ4v) is 4.31. The minimum atomic E-state index is -4.47. The number of amides is 1. The van der Waals surface area contributed by atoms with Gasteiger partial charge in [0, 0.05) is 17.3 Å². The average Bonchev–Trinajstić information content (AvgIpc) is 3.47. The summed E-state index contributed by atoms with van der Waals surface area (Å²) in [4.78, 5) is 21.4. The molecule has 184 valence electrons. The zero-order chi connectivity index (χ0) is 25.3. The summed E-state index contributed by atoms with van der Waals surface area (Å²) in [5, 5.41) is 15.1. The molecule has 1 amide bonds. The van der Waals surface area contributed by atoms with E-state index in [4.69, 9.17) is 14.7 Å². The van der Waals surface area contributed by atoms with Crippen LogP contribution in [0.1, 0.15) is 21.5 Å². The summed E-state index contributed by atoms with van der Waals surface area (Å²) in [6.07, 6.45) is -3.67. The molecule has 0 saturated carbocycles. The van der Waals surface area contributed by atoms with Crippen LogP contribution < -0.4 is 10.6 Å². The highest BCUT2D eigenvalue weighted by atomic mass is 19.4. The first-order valence-corrected chi connectivity index (χ1v) is 11.1. The maximum absolute atomic E-state index is 12.8. The predicted molar refractivity (Wildman–Crippen MR) is 122 cm³/mol. The van der Waals surface area contributed by atoms with Crippen LogP contribution >= 0.6 is 0 Å². The molecule has 2 aliphatic rings. The molecular formula is C25H20F3N5O3. The monoisotopic (exact) mass is 495 g/mol. The van der Waals surface area contributed by atoms with Gasteiger partial charge in [0.05, 0.1) is 48.2 Å². The molecule has 11 heteroatoms. The molecule has 0 aliphatic carbocycles. The number of hydrogen-bond acceptors (Lipinski definition) is 7. The van der Waals surface area contributed by atoms with Gasteiger partial charge in [-0.2, -0.15) is 18.4 Å². The van der Waals surface area contributed by atoms with Crippen LogP contribution in [0, 0.1) is 11.3 Å². The van der Waals surface area contributed by atoms with Crippen molar-refractivity contribution in [2.75, 3.05) is 18.5 Å². The second-order valence-corrected chi connectivity index (χ2v) is 8.46. The van der Waals surface area contributed by atoms with Gasteiger partial charge in [0.25, 0.3) is 5.91 Å². The van der Waals surface area contributed by atoms with Gasteiger partial charge in [0.1, 0.15) is 12.2 Å². The standard InChI is InChI=1S/C25H20F3N5O3/c26-25(27,28)17-6-4-15(5-7-17)23(34)31-19-12-35-22-20(13-36-21(19)22)33-24-30-9-8-18(32-24)16-3-1-2-14(10-16)11-29/h1-10,19-22H,12-13H2,(H,31,34)(H,30,32,33)/t19-,20-,21+,22+/m0/s1. The highest BCUT2D eigenvalue weighted by Crippen LogP contribution is 2.31. The van der Waals surface area contributed by atoms with Gasteiger partial charge in [-0.15, -0.1) is 0 Å². The SMILES string of the molecule is N#Cc1cccc(-c2ccnc(N[C@H]3CO[C@H]4[C@@H]3OC[C@@H]4NC(=O)c3ccc(C(F)(F)F)cc3)n2)c1. The summed E-state index contributed by atoms with van der Waals surface area (Å²) in [6.45, 7) is 0.487. The van der Waals surface area contributed by atoms with Crippen LogP contribution in [0.25, 0.3) is 11.3 Å². The van der Waals surface area contributed by atoms with Crippen LogP contribution in [0.15, 0.2) is 60.8 Å². The van der Waals surface area contributed by atoms with E-state index in [1.165, 1.54) is 0 Å². The number of fused-ring (bicyclic) bond motifs is 1. The van der Waals surface area contributed by atoms with Crippen LogP contribution in [0.3, 0.4) is 0 Å². The maximum Gasteiger partial charge on any atom is 0.416 e. The van der Waals surface area contributed by atoms with Crippen molar-refractivity contribution in [2.45, 2.75) is 30.5 Å². The van der Waals surface area contributed by atoms with Crippen molar-refractivity contribution < 1.29 is 27.4 Å². The molecule has 2 aromatic carbocycles. The Hall–Kier alpha value is -4.01. The molecule has 2 N–H and O–H groups in total. The van der Waals surface area contributed by atoms with Gasteiger partial charge in [-0.05, 0) is 42.5 Å². The smallest absolute Gasteiger partial charge is 0.371 e. The van der Waals surface area contributed by atoms with E-state index in [2.05, 4.69) is 26.7 Å². The molecule has 0 radical (unpaired) electrons. The fourth-order valence-electron chi connectivity index (χ4n) is 4.31. The molecule has 0 bridgehead atoms. The van der Waals surface area contributed by atoms with Crippen LogP contribution in [0.4, 0.5) is 19.1 Å². The number of carbonyl (C=O) groups excluding carboxylic acids is 1. The number of anilines is 1. The molecule has 4 atom stereocenters. The largest absolute Gasteiger partial charge is 0.416 e. The van der Waals surface area contributed by atoms with Crippen molar-refractivity contribution in [1.29, 1.82) is 5.26 Å². The summed E-state index contributed by atoms with van der Waals surface area (Å²) >= 11 is 0. The second-order valence-electron chi connectivity index (χ2n) is 8.46. The third-order valence-electron chi connectivity index (χ3n) is 6.10. The molecule has 0 unspecified atom stereocenters. The molecule has 1 aromatic heterocycles. The number of benzene rings is 2. The first kappa shape index (κ1) is 23.7. The van der Waals surface area contributed by atoms with E-state index < -0.39 is 29.8 Å². The van der Waals surface area contributed by atoms with Crippen LogP contribution in [-0.2, 0) is 15.7 Å². The molecule has 2 saturated heterocycles. The number of nitrogens with zero attached hydrogens (tertiary/aromatic N) is 3. The number of rotatable bonds is 5. The Morgan fingerprint density at radius 2 is 1.75 bits per heavy atom. The molecule has 2 fully saturated rings. The summed E-state index contributed by atoms with van der Waals surface area (Å²) in [6, 6.07) is 14.2. The van der Waals surface area contributed by atoms with Crippen molar-refractivity contribution in [3.05, 3.63) is 77.5 Å². The van der Waals surface area contributed by atoms with Crippen LogP contribution in [0.2, 0.25) is 0 Å². The Balaban J connectivity index is 1.22. The lowest BCUT2D eigenvalue weighted by Gasteiger charge is -2.18. The summed E-state index contributed by atoms with van der Waals surface area (Å²) in [5.41, 5.74) is 1.25. The van der Waals surface area contributed by atoms with E-state index in [1.807, 2.05) is 6.07 Å². The number of ether oxygens (including phenoxy) is 2. The topological polar surface area (TPSA) is 109 Å². The maximum atomic E-state index is 12.8. The van der Waals surface area contributed by atoms with Crippen molar-refractivity contribution in [3.8, 4) is 17.3 Å². The number of nitrogens with one attached hydrogen (secondary N) is 2. The number of aromatic nitrogens is 2. The van der Waals surface area contributed by atoms with Gasteiger partial charge >= 0.3 is 6.18 Å². The number of carbonyl (C=O) groups is 1. The first-order chi connectivity index (χ1) is 17.3. The molecule has 3 heterocycles. The third kappa shape index (κ3) is 4.86. The number of alkyl halides is 3. The summed E-state index contributed by atoms with van der Waals surface area (Å²) in [7, 11) is 0. The average molecular weight is 495 g/mol. The minimum Gasteiger partial charge on any atom is -0.371 e. The number of halogens is 3. The van der Waals surface area contributed by atoms with Gasteiger partial charge in [-0.1, -0.05) is 12.1 Å². The zero-order valence-electron chi connectivity index (χ0n) is 18.7. The minimum absolute atomic E-state index is 0.116. The molecule has 8 nitrogen and oxygen atoms in total. The molecule has 0 spiro atoms. The Kier molecular flexibility index (Phi) is 6.30. The van der Waals surface area contributed by atoms with E-state index in [0.29, 0.717) is 23.8 Å². The second kappa shape index (κ2) is 9.56. The van der Waals surface area contributed by atoms with Crippen LogP contribution in [-0.4, -0.2) is 53.4 Å². The Bertz CT molecular complexity index is 1310. The van der Waals surface area contributed by atoms with Gasteiger partial charge in [-0.3, -0.25) is 4.79 Å². The molecule has 36 heavy (non-hydrogen) atoms. The summed E-state index contributed by atoms with van der Waals surface area (Å²) < 4.78 is 50.1. The Labute approximate surface area is 204 Å².